The number of ketones is 1. The lowest BCUT2D eigenvalue weighted by Crippen LogP contribution is -2.02. The minimum atomic E-state index is -1.50. The van der Waals surface area contributed by atoms with Crippen LogP contribution < -0.4 is 0 Å². The normalized spacial score (nSPS) is 16.5. The number of nitrogens with zero attached hydrogens (tertiary/aromatic N) is 1. The molecule has 0 saturated heterocycles. The molecule has 0 bridgehead atoms. The number of hydrogen-bond donors (Lipinski definition) is 1. The van der Waals surface area contributed by atoms with Gasteiger partial charge in [0.15, 0.2) is 0 Å². The van der Waals surface area contributed by atoms with Crippen molar-refractivity contribution in [3.63, 3.8) is 0 Å². The molecule has 1 aliphatic carbocycles. The molecule has 0 aliphatic heterocycles. The van der Waals surface area contributed by atoms with Crippen LogP contribution in [-0.4, -0.2) is 16.1 Å². The van der Waals surface area contributed by atoms with Crippen molar-refractivity contribution >= 4 is 5.78 Å². The molecule has 0 aromatic heterocycles. The minimum Gasteiger partial charge on any atom is -0.328 e. The smallest absolute Gasteiger partial charge is 0.291 e. The van der Waals surface area contributed by atoms with Gasteiger partial charge in [0, 0.05) is 12.8 Å². The highest BCUT2D eigenvalue weighted by atomic mass is 16.9. The summed E-state index contributed by atoms with van der Waals surface area (Å²) in [7, 11) is 0. The molecule has 0 aromatic carbocycles. The summed E-state index contributed by atoms with van der Waals surface area (Å²) in [5.41, 5.74) is 0. The standard InChI is InChI=1S/C6H10O.HNO3/c7-6-4-2-1-3-5-6;2-1(3)4/h1-5H2;(H,2,3,4). The molecular weight excluding hydrogens is 150 g/mol. The molecule has 0 radical (unpaired) electrons. The third-order valence-electron chi connectivity index (χ3n) is 1.41. The van der Waals surface area contributed by atoms with Crippen molar-refractivity contribution in [1.29, 1.82) is 0 Å². The number of Topliss-reactive ketones (excluding diaryl/α,β-unsaturated/α-hetero) is 1. The predicted octanol–water partition coefficient (Wildman–Crippen LogP) is 1.17. The molecule has 5 heteroatoms. The van der Waals surface area contributed by atoms with Gasteiger partial charge in [-0.15, -0.1) is 10.1 Å². The topological polar surface area (TPSA) is 80.4 Å². The quantitative estimate of drug-likeness (QED) is 0.427. The van der Waals surface area contributed by atoms with Crippen LogP contribution >= 0.6 is 0 Å². The van der Waals surface area contributed by atoms with E-state index in [0.717, 1.165) is 25.7 Å². The maximum absolute atomic E-state index is 10.5. The van der Waals surface area contributed by atoms with Gasteiger partial charge >= 0.3 is 0 Å². The second kappa shape index (κ2) is 5.64. The van der Waals surface area contributed by atoms with Crippen LogP contribution in [0.1, 0.15) is 32.1 Å². The highest BCUT2D eigenvalue weighted by Crippen LogP contribution is 2.12. The van der Waals surface area contributed by atoms with Gasteiger partial charge in [0.05, 0.1) is 0 Å². The van der Waals surface area contributed by atoms with E-state index in [4.69, 9.17) is 15.3 Å². The largest absolute Gasteiger partial charge is 0.328 e. The van der Waals surface area contributed by atoms with Gasteiger partial charge in [0.1, 0.15) is 5.78 Å². The van der Waals surface area contributed by atoms with Crippen LogP contribution in [0.25, 0.3) is 0 Å². The van der Waals surface area contributed by atoms with Crippen LogP contribution in [-0.2, 0) is 4.79 Å². The van der Waals surface area contributed by atoms with Crippen LogP contribution in [0.2, 0.25) is 0 Å². The van der Waals surface area contributed by atoms with Crippen molar-refractivity contribution in [2.24, 2.45) is 0 Å². The lowest BCUT2D eigenvalue weighted by Gasteiger charge is -2.05. The SMILES string of the molecule is O=C1CCCCC1.O=[N+]([O-])O. The highest BCUT2D eigenvalue weighted by Gasteiger charge is 2.05. The third-order valence-corrected chi connectivity index (χ3v) is 1.41. The number of rotatable bonds is 0. The van der Waals surface area contributed by atoms with Gasteiger partial charge in [-0.2, -0.15) is 0 Å². The zero-order chi connectivity index (χ0) is 8.69. The Morgan fingerprint density at radius 3 is 1.82 bits per heavy atom. The first-order valence-corrected chi connectivity index (χ1v) is 3.48. The third kappa shape index (κ3) is 8.87. The number of carbonyl (C=O) groups excluding carboxylic acids is 1. The summed E-state index contributed by atoms with van der Waals surface area (Å²) in [6, 6.07) is 0. The molecule has 0 heterocycles. The van der Waals surface area contributed by atoms with Crippen molar-refractivity contribution in [1.82, 2.24) is 0 Å². The van der Waals surface area contributed by atoms with Crippen LogP contribution in [0.3, 0.4) is 0 Å². The van der Waals surface area contributed by atoms with E-state index in [2.05, 4.69) is 0 Å². The summed E-state index contributed by atoms with van der Waals surface area (Å²) in [5.74, 6) is 0.464. The molecule has 1 fully saturated rings. The zero-order valence-corrected chi connectivity index (χ0v) is 6.15. The van der Waals surface area contributed by atoms with E-state index in [1.165, 1.54) is 6.42 Å². The van der Waals surface area contributed by atoms with Crippen LogP contribution in [0.15, 0.2) is 0 Å². The lowest BCUT2D eigenvalue weighted by atomic mass is 10.00. The fourth-order valence-electron chi connectivity index (χ4n) is 0.946. The Morgan fingerprint density at radius 1 is 1.27 bits per heavy atom. The zero-order valence-electron chi connectivity index (χ0n) is 6.15. The van der Waals surface area contributed by atoms with Crippen molar-refractivity contribution in [3.05, 3.63) is 10.1 Å². The Hall–Kier alpha value is -1.13. The monoisotopic (exact) mass is 161 g/mol. The lowest BCUT2D eigenvalue weighted by molar-refractivity contribution is -0.742. The summed E-state index contributed by atoms with van der Waals surface area (Å²) in [6.45, 7) is 0. The molecule has 0 atom stereocenters. The van der Waals surface area contributed by atoms with Gasteiger partial charge in [-0.3, -0.25) is 4.79 Å². The molecule has 0 aromatic rings. The van der Waals surface area contributed by atoms with E-state index in [0.29, 0.717) is 5.78 Å². The average molecular weight is 161 g/mol. The molecule has 5 nitrogen and oxygen atoms in total. The van der Waals surface area contributed by atoms with Crippen LogP contribution in [0, 0.1) is 10.1 Å². The Kier molecular flexibility index (Phi) is 5.06. The molecule has 0 amide bonds. The van der Waals surface area contributed by atoms with E-state index in [9.17, 15) is 4.79 Å². The molecule has 1 rings (SSSR count). The van der Waals surface area contributed by atoms with Gasteiger partial charge in [0.2, 0.25) is 0 Å². The molecule has 0 spiro atoms. The van der Waals surface area contributed by atoms with Crippen LogP contribution in [0.5, 0.6) is 0 Å². The highest BCUT2D eigenvalue weighted by molar-refractivity contribution is 5.78. The van der Waals surface area contributed by atoms with Gasteiger partial charge in [-0.05, 0) is 12.8 Å². The Morgan fingerprint density at radius 2 is 1.64 bits per heavy atom. The van der Waals surface area contributed by atoms with Crippen molar-refractivity contribution in [2.75, 3.05) is 0 Å². The molecule has 0 unspecified atom stereocenters. The minimum absolute atomic E-state index is 0.464. The first-order valence-electron chi connectivity index (χ1n) is 3.48. The van der Waals surface area contributed by atoms with Crippen LogP contribution in [0.4, 0.5) is 0 Å². The van der Waals surface area contributed by atoms with Gasteiger partial charge in [0.25, 0.3) is 5.09 Å². The second-order valence-electron chi connectivity index (χ2n) is 2.34. The molecule has 1 aliphatic rings. The predicted molar refractivity (Wildman–Crippen MR) is 36.9 cm³/mol. The summed E-state index contributed by atoms with van der Waals surface area (Å²) in [4.78, 5) is 18.8. The average Bonchev–Trinajstić information content (AvgIpc) is 1.87. The van der Waals surface area contributed by atoms with E-state index >= 15 is 0 Å². The van der Waals surface area contributed by atoms with E-state index in [-0.39, 0.29) is 0 Å². The summed E-state index contributed by atoms with van der Waals surface area (Å²) in [6.07, 6.45) is 5.24. The fraction of sp³-hybridized carbons (Fsp3) is 0.833. The van der Waals surface area contributed by atoms with Crippen molar-refractivity contribution < 1.29 is 15.1 Å². The van der Waals surface area contributed by atoms with Gasteiger partial charge < -0.3 is 5.21 Å². The van der Waals surface area contributed by atoms with Gasteiger partial charge in [-0.1, -0.05) is 6.42 Å². The van der Waals surface area contributed by atoms with E-state index in [1.807, 2.05) is 0 Å². The first-order chi connectivity index (χ1) is 5.13. The molecule has 1 N–H and O–H groups in total. The second-order valence-corrected chi connectivity index (χ2v) is 2.34. The Bertz CT molecular complexity index is 134. The molecule has 64 valence electrons. The fourth-order valence-corrected chi connectivity index (χ4v) is 0.946. The number of hydrogen-bond acceptors (Lipinski definition) is 3. The summed E-state index contributed by atoms with van der Waals surface area (Å²) < 4.78 is 0. The maximum Gasteiger partial charge on any atom is 0.291 e. The maximum atomic E-state index is 10.5. The summed E-state index contributed by atoms with van der Waals surface area (Å²) in [5, 5.41) is 13.6. The Balaban J connectivity index is 0.000000218. The van der Waals surface area contributed by atoms with E-state index < -0.39 is 5.09 Å². The van der Waals surface area contributed by atoms with Crippen molar-refractivity contribution in [3.8, 4) is 0 Å². The van der Waals surface area contributed by atoms with Crippen molar-refractivity contribution in [2.45, 2.75) is 32.1 Å². The summed E-state index contributed by atoms with van der Waals surface area (Å²) >= 11 is 0. The molecule has 11 heavy (non-hydrogen) atoms. The first kappa shape index (κ1) is 9.87. The molecule has 1 saturated carbocycles. The van der Waals surface area contributed by atoms with E-state index in [1.54, 1.807) is 0 Å². The number of carbonyl (C=O) groups is 1. The van der Waals surface area contributed by atoms with Gasteiger partial charge in [-0.25, -0.2) is 0 Å². The Labute approximate surface area is 64.1 Å². The molecular formula is C6H11NO4.